The van der Waals surface area contributed by atoms with E-state index in [1.807, 2.05) is 18.2 Å². The van der Waals surface area contributed by atoms with Gasteiger partial charge in [-0.1, -0.05) is 41.9 Å². The molecule has 1 aromatic heterocycles. The second-order valence-corrected chi connectivity index (χ2v) is 6.59. The molecule has 0 amide bonds. The van der Waals surface area contributed by atoms with Crippen molar-refractivity contribution in [2.75, 3.05) is 23.3 Å². The number of anilines is 2. The number of hydrogen-bond acceptors (Lipinski definition) is 4. The van der Waals surface area contributed by atoms with Gasteiger partial charge in [-0.2, -0.15) is 4.98 Å². The lowest BCUT2D eigenvalue weighted by Gasteiger charge is -2.19. The van der Waals surface area contributed by atoms with Crippen LogP contribution in [0, 0.1) is 0 Å². The molecule has 5 nitrogen and oxygen atoms in total. The van der Waals surface area contributed by atoms with Gasteiger partial charge in [-0.3, -0.25) is 0 Å². The van der Waals surface area contributed by atoms with Crippen molar-refractivity contribution < 1.29 is 0 Å². The molecular weight excluding hydrogens is 342 g/mol. The van der Waals surface area contributed by atoms with Crippen LogP contribution in [0.2, 0.25) is 5.15 Å². The first-order valence-corrected chi connectivity index (χ1v) is 8.82. The molecular formula is C17H20ClN5S. The Morgan fingerprint density at radius 1 is 1.21 bits per heavy atom. The molecule has 1 aliphatic rings. The molecule has 0 radical (unpaired) electrons. The number of benzene rings is 1. The zero-order chi connectivity index (χ0) is 16.9. The van der Waals surface area contributed by atoms with E-state index in [0.29, 0.717) is 16.2 Å². The smallest absolute Gasteiger partial charge is 0.232 e. The molecule has 0 bridgehead atoms. The van der Waals surface area contributed by atoms with Gasteiger partial charge in [0.2, 0.25) is 5.95 Å². The molecule has 0 spiro atoms. The highest BCUT2D eigenvalue weighted by Crippen LogP contribution is 2.22. The van der Waals surface area contributed by atoms with Crippen molar-refractivity contribution in [3.63, 3.8) is 0 Å². The normalized spacial score (nSPS) is 15.2. The molecule has 126 valence electrons. The predicted octanol–water partition coefficient (Wildman–Crippen LogP) is 3.78. The maximum absolute atomic E-state index is 6.13. The molecule has 1 fully saturated rings. The van der Waals surface area contributed by atoms with Crippen molar-refractivity contribution in [2.24, 2.45) is 0 Å². The molecule has 3 rings (SSSR count). The van der Waals surface area contributed by atoms with Gasteiger partial charge in [0.25, 0.3) is 0 Å². The summed E-state index contributed by atoms with van der Waals surface area (Å²) in [4.78, 5) is 11.0. The van der Waals surface area contributed by atoms with Crippen molar-refractivity contribution in [1.82, 2.24) is 15.3 Å². The van der Waals surface area contributed by atoms with E-state index in [1.165, 1.54) is 12.8 Å². The van der Waals surface area contributed by atoms with Crippen LogP contribution >= 0.6 is 23.8 Å². The summed E-state index contributed by atoms with van der Waals surface area (Å²) in [5.74, 6) is 1.26. The summed E-state index contributed by atoms with van der Waals surface area (Å²) in [5.41, 5.74) is 1.16. The Labute approximate surface area is 152 Å². The van der Waals surface area contributed by atoms with E-state index < -0.39 is 0 Å². The van der Waals surface area contributed by atoms with Gasteiger partial charge < -0.3 is 15.5 Å². The largest absolute Gasteiger partial charge is 0.356 e. The van der Waals surface area contributed by atoms with Gasteiger partial charge in [0.1, 0.15) is 11.0 Å². The zero-order valence-electron chi connectivity index (χ0n) is 13.5. The number of nitrogens with one attached hydrogen (secondary N) is 2. The molecule has 2 heterocycles. The van der Waals surface area contributed by atoms with Crippen LogP contribution < -0.4 is 15.5 Å². The molecule has 1 saturated heterocycles. The molecule has 7 heteroatoms. The molecule has 0 saturated carbocycles. The first-order chi connectivity index (χ1) is 11.6. The van der Waals surface area contributed by atoms with E-state index in [9.17, 15) is 0 Å². The van der Waals surface area contributed by atoms with E-state index >= 15 is 0 Å². The maximum Gasteiger partial charge on any atom is 0.232 e. The standard InChI is InChI=1S/C17H20ClN5S/c1-12(13-7-3-2-4-8-13)19-17(24)22-16-20-14(18)11-15(21-16)23-9-5-6-10-23/h2-4,7-8,11-12H,5-6,9-10H2,1H3,(H2,19,20,21,22,24)/t12-/m0/s1. The Bertz CT molecular complexity index is 703. The van der Waals surface area contributed by atoms with Crippen LogP contribution in [0.5, 0.6) is 0 Å². The number of hydrogen-bond donors (Lipinski definition) is 2. The third kappa shape index (κ3) is 4.33. The van der Waals surface area contributed by atoms with Crippen molar-refractivity contribution in [2.45, 2.75) is 25.8 Å². The number of halogens is 1. The number of rotatable bonds is 4. The summed E-state index contributed by atoms with van der Waals surface area (Å²) in [6, 6.07) is 12.0. The summed E-state index contributed by atoms with van der Waals surface area (Å²) in [5, 5.41) is 7.15. The van der Waals surface area contributed by atoms with E-state index in [0.717, 1.165) is 24.5 Å². The average molecular weight is 362 g/mol. The Morgan fingerprint density at radius 2 is 1.92 bits per heavy atom. The topological polar surface area (TPSA) is 53.1 Å². The van der Waals surface area contributed by atoms with Crippen LogP contribution in [0.1, 0.15) is 31.4 Å². The minimum absolute atomic E-state index is 0.0865. The molecule has 0 unspecified atom stereocenters. The lowest BCUT2D eigenvalue weighted by molar-refractivity contribution is 0.722. The van der Waals surface area contributed by atoms with Crippen LogP contribution in [-0.4, -0.2) is 28.2 Å². The number of aromatic nitrogens is 2. The third-order valence-electron chi connectivity index (χ3n) is 3.98. The van der Waals surface area contributed by atoms with Gasteiger partial charge in [-0.15, -0.1) is 0 Å². The Morgan fingerprint density at radius 3 is 2.62 bits per heavy atom. The molecule has 24 heavy (non-hydrogen) atoms. The number of nitrogens with zero attached hydrogens (tertiary/aromatic N) is 3. The number of thiocarbonyl (C=S) groups is 1. The summed E-state index contributed by atoms with van der Waals surface area (Å²) in [6.07, 6.45) is 2.36. The quantitative estimate of drug-likeness (QED) is 0.638. The molecule has 1 aliphatic heterocycles. The fourth-order valence-corrected chi connectivity index (χ4v) is 3.17. The summed E-state index contributed by atoms with van der Waals surface area (Å²) in [6.45, 7) is 4.05. The van der Waals surface area contributed by atoms with Crippen LogP contribution in [0.25, 0.3) is 0 Å². The second-order valence-electron chi connectivity index (χ2n) is 5.80. The minimum Gasteiger partial charge on any atom is -0.356 e. The van der Waals surface area contributed by atoms with Crippen LogP contribution in [0.15, 0.2) is 36.4 Å². The Kier molecular flexibility index (Phi) is 5.48. The highest BCUT2D eigenvalue weighted by Gasteiger charge is 2.16. The highest BCUT2D eigenvalue weighted by molar-refractivity contribution is 7.80. The zero-order valence-corrected chi connectivity index (χ0v) is 15.1. The summed E-state index contributed by atoms with van der Waals surface area (Å²) >= 11 is 11.5. The van der Waals surface area contributed by atoms with Crippen molar-refractivity contribution >= 4 is 40.7 Å². The first kappa shape index (κ1) is 16.9. The van der Waals surface area contributed by atoms with Gasteiger partial charge in [0.15, 0.2) is 5.11 Å². The lowest BCUT2D eigenvalue weighted by atomic mass is 10.1. The first-order valence-electron chi connectivity index (χ1n) is 8.04. The fraction of sp³-hybridized carbons (Fsp3) is 0.353. The molecule has 0 aliphatic carbocycles. The fourth-order valence-electron chi connectivity index (χ4n) is 2.73. The van der Waals surface area contributed by atoms with Crippen molar-refractivity contribution in [3.8, 4) is 0 Å². The third-order valence-corrected chi connectivity index (χ3v) is 4.40. The van der Waals surface area contributed by atoms with Gasteiger partial charge >= 0.3 is 0 Å². The lowest BCUT2D eigenvalue weighted by Crippen LogP contribution is -2.31. The van der Waals surface area contributed by atoms with E-state index in [4.69, 9.17) is 23.8 Å². The van der Waals surface area contributed by atoms with Crippen molar-refractivity contribution in [1.29, 1.82) is 0 Å². The van der Waals surface area contributed by atoms with Crippen LogP contribution in [-0.2, 0) is 0 Å². The molecule has 1 atom stereocenters. The van der Waals surface area contributed by atoms with Crippen LogP contribution in [0.4, 0.5) is 11.8 Å². The monoisotopic (exact) mass is 361 g/mol. The van der Waals surface area contributed by atoms with Gasteiger partial charge in [0, 0.05) is 19.2 Å². The van der Waals surface area contributed by atoms with E-state index in [1.54, 1.807) is 6.07 Å². The Hall–Kier alpha value is -1.92. The molecule has 2 aromatic rings. The molecule has 2 N–H and O–H groups in total. The Balaban J connectivity index is 1.65. The SMILES string of the molecule is C[C@H](NC(=S)Nc1nc(Cl)cc(N2CCCC2)n1)c1ccccc1. The van der Waals surface area contributed by atoms with Crippen molar-refractivity contribution in [3.05, 3.63) is 47.1 Å². The van der Waals surface area contributed by atoms with Gasteiger partial charge in [-0.25, -0.2) is 4.98 Å². The second kappa shape index (κ2) is 7.77. The summed E-state index contributed by atoms with van der Waals surface area (Å²) < 4.78 is 0. The van der Waals surface area contributed by atoms with Gasteiger partial charge in [-0.05, 0) is 37.5 Å². The highest BCUT2D eigenvalue weighted by atomic mass is 35.5. The van der Waals surface area contributed by atoms with Gasteiger partial charge in [0.05, 0.1) is 6.04 Å². The van der Waals surface area contributed by atoms with E-state index in [2.05, 4.69) is 44.6 Å². The molecule has 1 aromatic carbocycles. The average Bonchev–Trinajstić information content (AvgIpc) is 3.09. The van der Waals surface area contributed by atoms with Crippen LogP contribution in [0.3, 0.4) is 0 Å². The predicted molar refractivity (Wildman–Crippen MR) is 103 cm³/mol. The minimum atomic E-state index is 0.0865. The summed E-state index contributed by atoms with van der Waals surface area (Å²) in [7, 11) is 0. The van der Waals surface area contributed by atoms with E-state index in [-0.39, 0.29) is 6.04 Å². The maximum atomic E-state index is 6.13.